The van der Waals surface area contributed by atoms with E-state index < -0.39 is 0 Å². The Morgan fingerprint density at radius 2 is 1.64 bits per heavy atom. The molecule has 0 saturated heterocycles. The number of benzene rings is 2. The monoisotopic (exact) mass is 350 g/mol. The third-order valence-corrected chi connectivity index (χ3v) is 5.04. The number of carbonyl (C=O) groups excluding carboxylic acids is 1. The van der Waals surface area contributed by atoms with E-state index >= 15 is 0 Å². The largest absolute Gasteiger partial charge is 0.356 e. The summed E-state index contributed by atoms with van der Waals surface area (Å²) in [7, 11) is 0. The van der Waals surface area contributed by atoms with E-state index in [-0.39, 0.29) is 5.91 Å². The fourth-order valence-corrected chi connectivity index (χ4v) is 3.48. The van der Waals surface area contributed by atoms with Crippen LogP contribution < -0.4 is 5.32 Å². The van der Waals surface area contributed by atoms with E-state index in [4.69, 9.17) is 4.98 Å². The number of aromatic nitrogens is 1. The number of hydrogen-bond donors (Lipinski definition) is 1. The number of thiazole rings is 1. The van der Waals surface area contributed by atoms with Crippen molar-refractivity contribution in [2.45, 2.75) is 26.7 Å². The van der Waals surface area contributed by atoms with Gasteiger partial charge in [-0.3, -0.25) is 4.79 Å². The Kier molecular flexibility index (Phi) is 5.61. The van der Waals surface area contributed by atoms with Crippen LogP contribution in [0.4, 0.5) is 0 Å². The predicted octanol–water partition coefficient (Wildman–Crippen LogP) is 4.72. The fourth-order valence-electron chi connectivity index (χ4n) is 2.65. The first kappa shape index (κ1) is 17.4. The van der Waals surface area contributed by atoms with E-state index in [1.165, 1.54) is 16.7 Å². The summed E-state index contributed by atoms with van der Waals surface area (Å²) in [5.74, 6) is 0.0126. The second kappa shape index (κ2) is 8.08. The molecule has 3 nitrogen and oxygen atoms in total. The van der Waals surface area contributed by atoms with Gasteiger partial charge in [-0.2, -0.15) is 0 Å². The molecular formula is C21H22N2OS. The molecular weight excluding hydrogens is 328 g/mol. The molecule has 0 spiro atoms. The van der Waals surface area contributed by atoms with Crippen LogP contribution >= 0.6 is 11.3 Å². The van der Waals surface area contributed by atoms with Crippen LogP contribution in [0.5, 0.6) is 0 Å². The van der Waals surface area contributed by atoms with E-state index in [1.807, 2.05) is 0 Å². The quantitative estimate of drug-likeness (QED) is 0.699. The van der Waals surface area contributed by atoms with Crippen LogP contribution in [0.15, 0.2) is 53.9 Å². The van der Waals surface area contributed by atoms with Gasteiger partial charge in [0, 0.05) is 30.0 Å². The van der Waals surface area contributed by atoms with Gasteiger partial charge in [-0.1, -0.05) is 55.5 Å². The third kappa shape index (κ3) is 4.54. The highest BCUT2D eigenvalue weighted by Gasteiger charge is 2.07. The van der Waals surface area contributed by atoms with Gasteiger partial charge < -0.3 is 5.32 Å². The first-order valence-corrected chi connectivity index (χ1v) is 9.42. The van der Waals surface area contributed by atoms with Crippen LogP contribution in [0.3, 0.4) is 0 Å². The summed E-state index contributed by atoms with van der Waals surface area (Å²) in [5.41, 5.74) is 5.85. The summed E-state index contributed by atoms with van der Waals surface area (Å²) in [6.45, 7) is 4.37. The summed E-state index contributed by atoms with van der Waals surface area (Å²) < 4.78 is 0. The topological polar surface area (TPSA) is 42.0 Å². The van der Waals surface area contributed by atoms with Crippen LogP contribution in [0.25, 0.3) is 21.8 Å². The molecule has 2 aromatic carbocycles. The van der Waals surface area contributed by atoms with Crippen molar-refractivity contribution < 1.29 is 4.79 Å². The van der Waals surface area contributed by atoms with Crippen molar-refractivity contribution in [3.05, 3.63) is 65.0 Å². The van der Waals surface area contributed by atoms with Crippen molar-refractivity contribution in [1.29, 1.82) is 0 Å². The van der Waals surface area contributed by atoms with Crippen molar-refractivity contribution in [2.75, 3.05) is 6.54 Å². The normalized spacial score (nSPS) is 10.6. The smallest absolute Gasteiger partial charge is 0.216 e. The van der Waals surface area contributed by atoms with E-state index in [1.54, 1.807) is 18.3 Å². The fraction of sp³-hybridized carbons (Fsp3) is 0.238. The highest BCUT2D eigenvalue weighted by molar-refractivity contribution is 7.13. The van der Waals surface area contributed by atoms with E-state index in [9.17, 15) is 4.79 Å². The lowest BCUT2D eigenvalue weighted by Crippen LogP contribution is -2.22. The average molecular weight is 350 g/mol. The predicted molar refractivity (Wildman–Crippen MR) is 105 cm³/mol. The van der Waals surface area contributed by atoms with Crippen molar-refractivity contribution in [3.63, 3.8) is 0 Å². The Balaban J connectivity index is 1.70. The highest BCUT2D eigenvalue weighted by Crippen LogP contribution is 2.29. The molecule has 0 bridgehead atoms. The molecule has 25 heavy (non-hydrogen) atoms. The van der Waals surface area contributed by atoms with Crippen molar-refractivity contribution >= 4 is 17.2 Å². The van der Waals surface area contributed by atoms with E-state index in [2.05, 4.69) is 66.2 Å². The summed E-state index contributed by atoms with van der Waals surface area (Å²) in [5, 5.41) is 5.98. The standard InChI is InChI=1S/C21H22N2OS/c1-3-16-4-10-19(11-5-16)21-23-20(14-25-21)18-8-6-17(7-9-18)12-13-22-15(2)24/h4-11,14H,3,12-13H2,1-2H3,(H,22,24). The van der Waals surface area contributed by atoms with Crippen LogP contribution in [0, 0.1) is 0 Å². The maximum Gasteiger partial charge on any atom is 0.216 e. The number of carbonyl (C=O) groups is 1. The van der Waals surface area contributed by atoms with Gasteiger partial charge in [-0.25, -0.2) is 4.98 Å². The second-order valence-corrected chi connectivity index (χ2v) is 6.88. The second-order valence-electron chi connectivity index (χ2n) is 6.02. The number of nitrogens with one attached hydrogen (secondary N) is 1. The molecule has 0 fully saturated rings. The van der Waals surface area contributed by atoms with E-state index in [0.717, 1.165) is 29.1 Å². The molecule has 3 aromatic rings. The van der Waals surface area contributed by atoms with Gasteiger partial charge in [-0.15, -0.1) is 11.3 Å². The van der Waals surface area contributed by atoms with Gasteiger partial charge in [0.1, 0.15) is 5.01 Å². The van der Waals surface area contributed by atoms with Crippen LogP contribution in [-0.4, -0.2) is 17.4 Å². The molecule has 1 heterocycles. The lowest BCUT2D eigenvalue weighted by Gasteiger charge is -2.04. The molecule has 128 valence electrons. The molecule has 0 aliphatic carbocycles. The van der Waals surface area contributed by atoms with Crippen molar-refractivity contribution in [3.8, 4) is 21.8 Å². The highest BCUT2D eigenvalue weighted by atomic mass is 32.1. The molecule has 0 atom stereocenters. The third-order valence-electron chi connectivity index (χ3n) is 4.15. The number of aryl methyl sites for hydroxylation is 1. The van der Waals surface area contributed by atoms with Crippen LogP contribution in [0.2, 0.25) is 0 Å². The summed E-state index contributed by atoms with van der Waals surface area (Å²) in [6, 6.07) is 17.0. The van der Waals surface area contributed by atoms with Crippen molar-refractivity contribution in [2.24, 2.45) is 0 Å². The summed E-state index contributed by atoms with van der Waals surface area (Å²) in [4.78, 5) is 15.7. The first-order valence-electron chi connectivity index (χ1n) is 8.54. The minimum Gasteiger partial charge on any atom is -0.356 e. The Morgan fingerprint density at radius 3 is 2.28 bits per heavy atom. The number of hydrogen-bond acceptors (Lipinski definition) is 3. The summed E-state index contributed by atoms with van der Waals surface area (Å²) in [6.07, 6.45) is 1.89. The average Bonchev–Trinajstić information content (AvgIpc) is 3.12. The lowest BCUT2D eigenvalue weighted by molar-refractivity contribution is -0.118. The first-order chi connectivity index (χ1) is 12.2. The van der Waals surface area contributed by atoms with Gasteiger partial charge in [0.2, 0.25) is 5.91 Å². The zero-order valence-electron chi connectivity index (χ0n) is 14.6. The van der Waals surface area contributed by atoms with Gasteiger partial charge in [-0.05, 0) is 24.0 Å². The molecule has 1 aromatic heterocycles. The molecule has 0 aliphatic rings. The molecule has 1 N–H and O–H groups in total. The molecule has 3 rings (SSSR count). The number of rotatable bonds is 6. The Morgan fingerprint density at radius 1 is 1.00 bits per heavy atom. The van der Waals surface area contributed by atoms with Crippen molar-refractivity contribution in [1.82, 2.24) is 10.3 Å². The summed E-state index contributed by atoms with van der Waals surface area (Å²) >= 11 is 1.67. The molecule has 0 unspecified atom stereocenters. The maximum absolute atomic E-state index is 10.9. The van der Waals surface area contributed by atoms with Crippen LogP contribution in [0.1, 0.15) is 25.0 Å². The maximum atomic E-state index is 10.9. The van der Waals surface area contributed by atoms with Gasteiger partial charge in [0.25, 0.3) is 0 Å². The zero-order valence-corrected chi connectivity index (χ0v) is 15.4. The van der Waals surface area contributed by atoms with Crippen LogP contribution in [-0.2, 0) is 17.6 Å². The minimum atomic E-state index is 0.0126. The Bertz CT molecular complexity index is 835. The molecule has 0 saturated carbocycles. The minimum absolute atomic E-state index is 0.0126. The molecule has 0 aliphatic heterocycles. The van der Waals surface area contributed by atoms with Gasteiger partial charge in [0.15, 0.2) is 0 Å². The Hall–Kier alpha value is -2.46. The van der Waals surface area contributed by atoms with Gasteiger partial charge in [0.05, 0.1) is 5.69 Å². The molecule has 0 radical (unpaired) electrons. The zero-order chi connectivity index (χ0) is 17.6. The van der Waals surface area contributed by atoms with Gasteiger partial charge >= 0.3 is 0 Å². The molecule has 4 heteroatoms. The Labute approximate surface area is 152 Å². The lowest BCUT2D eigenvalue weighted by atomic mass is 10.1. The van der Waals surface area contributed by atoms with E-state index in [0.29, 0.717) is 6.54 Å². The number of amides is 1. The number of nitrogens with zero attached hydrogens (tertiary/aromatic N) is 1. The SMILES string of the molecule is CCc1ccc(-c2nc(-c3ccc(CCNC(C)=O)cc3)cs2)cc1. The molecule has 1 amide bonds.